The van der Waals surface area contributed by atoms with E-state index >= 15 is 0 Å². The number of nitrogens with zero attached hydrogens (tertiary/aromatic N) is 1. The van der Waals surface area contributed by atoms with Crippen molar-refractivity contribution >= 4 is 47.1 Å². The van der Waals surface area contributed by atoms with E-state index in [0.717, 1.165) is 43.0 Å². The Balaban J connectivity index is 1.92. The summed E-state index contributed by atoms with van der Waals surface area (Å²) in [5, 5.41) is 11.7. The molecule has 1 saturated heterocycles. The zero-order chi connectivity index (χ0) is 24.5. The molecular formula is C22H22N2O8S. The third-order valence-electron chi connectivity index (χ3n) is 5.41. The van der Waals surface area contributed by atoms with E-state index in [4.69, 9.17) is 4.74 Å². The Kier molecular flexibility index (Phi) is 6.73. The monoisotopic (exact) mass is 474 g/mol. The first kappa shape index (κ1) is 24.2. The first-order chi connectivity index (χ1) is 15.5. The molecule has 0 spiro atoms. The zero-order valence-corrected chi connectivity index (χ0v) is 18.9. The predicted molar refractivity (Wildman–Crippen MR) is 116 cm³/mol. The summed E-state index contributed by atoms with van der Waals surface area (Å²) in [5.41, 5.74) is -2.57. The molecule has 174 valence electrons. The van der Waals surface area contributed by atoms with E-state index in [1.165, 1.54) is 0 Å². The van der Waals surface area contributed by atoms with Crippen LogP contribution >= 0.6 is 11.8 Å². The average Bonchev–Trinajstić information content (AvgIpc) is 2.74. The molecule has 3 rings (SSSR count). The predicted octanol–water partition coefficient (Wildman–Crippen LogP) is 0.448. The van der Waals surface area contributed by atoms with Gasteiger partial charge in [0.05, 0.1) is 6.42 Å². The quantitative estimate of drug-likeness (QED) is 0.311. The lowest BCUT2D eigenvalue weighted by atomic mass is 9.83. The molecular weight excluding hydrogens is 452 g/mol. The van der Waals surface area contributed by atoms with Crippen LogP contribution in [0.4, 0.5) is 0 Å². The molecule has 11 heteroatoms. The van der Waals surface area contributed by atoms with Crippen LogP contribution in [-0.4, -0.2) is 68.1 Å². The van der Waals surface area contributed by atoms with E-state index in [1.54, 1.807) is 24.3 Å². The smallest absolute Gasteiger partial charge is 0.352 e. The van der Waals surface area contributed by atoms with Gasteiger partial charge in [0.15, 0.2) is 11.6 Å². The summed E-state index contributed by atoms with van der Waals surface area (Å²) in [6, 6.07) is 7.92. The second-order valence-corrected chi connectivity index (χ2v) is 8.74. The van der Waals surface area contributed by atoms with E-state index in [1.807, 2.05) is 6.07 Å². The Morgan fingerprint density at radius 3 is 2.24 bits per heavy atom. The summed E-state index contributed by atoms with van der Waals surface area (Å²) in [6.45, 7) is 3.02. The highest BCUT2D eigenvalue weighted by molar-refractivity contribution is 8.00. The minimum atomic E-state index is -2.44. The first-order valence-corrected chi connectivity index (χ1v) is 11.0. The molecule has 2 aliphatic rings. The van der Waals surface area contributed by atoms with Crippen LogP contribution in [0.1, 0.15) is 26.3 Å². The van der Waals surface area contributed by atoms with E-state index in [-0.39, 0.29) is 17.7 Å². The highest BCUT2D eigenvalue weighted by atomic mass is 32.2. The molecule has 0 saturated carbocycles. The Morgan fingerprint density at radius 1 is 1.12 bits per heavy atom. The molecule has 2 atom stereocenters. The van der Waals surface area contributed by atoms with Crippen molar-refractivity contribution in [1.29, 1.82) is 0 Å². The third kappa shape index (κ3) is 4.28. The molecule has 1 aromatic rings. The number of fused-ring (bicyclic) bond motifs is 1. The fraction of sp³-hybridized carbons (Fsp3) is 0.364. The Morgan fingerprint density at radius 2 is 1.73 bits per heavy atom. The number of amides is 2. The molecule has 0 aliphatic carbocycles. The Bertz CT molecular complexity index is 1070. The van der Waals surface area contributed by atoms with Gasteiger partial charge in [-0.15, -0.1) is 11.8 Å². The number of carboxylic acid groups (broad SMARTS) is 1. The van der Waals surface area contributed by atoms with Crippen LogP contribution in [-0.2, 0) is 39.9 Å². The van der Waals surface area contributed by atoms with Crippen molar-refractivity contribution in [2.75, 3.05) is 5.75 Å². The van der Waals surface area contributed by atoms with Gasteiger partial charge in [-0.05, 0) is 19.4 Å². The number of hydrogen-bond donors (Lipinski definition) is 2. The minimum absolute atomic E-state index is 0.0408. The number of ether oxygens (including phenoxy) is 1. The molecule has 2 aliphatic heterocycles. The lowest BCUT2D eigenvalue weighted by Gasteiger charge is -2.50. The van der Waals surface area contributed by atoms with Gasteiger partial charge in [-0.1, -0.05) is 30.3 Å². The van der Waals surface area contributed by atoms with Crippen LogP contribution in [0.15, 0.2) is 41.6 Å². The SMILES string of the molecule is CC(=O)OC(C(C)=O)(C(C)=O)C1=C(C(=O)O)N2C(=O)[C@@H](NC(=O)Cc3ccccc3)[C@H]2SC1. The number of aliphatic carboxylic acids is 1. The van der Waals surface area contributed by atoms with Crippen LogP contribution in [0.5, 0.6) is 0 Å². The van der Waals surface area contributed by atoms with Gasteiger partial charge in [-0.2, -0.15) is 0 Å². The van der Waals surface area contributed by atoms with Gasteiger partial charge in [0.1, 0.15) is 17.1 Å². The normalized spacial score (nSPS) is 19.8. The number of nitrogens with one attached hydrogen (secondary N) is 1. The Labute approximate surface area is 193 Å². The van der Waals surface area contributed by atoms with E-state index in [2.05, 4.69) is 5.32 Å². The first-order valence-electron chi connectivity index (χ1n) is 9.97. The lowest BCUT2D eigenvalue weighted by Crippen LogP contribution is -2.71. The molecule has 33 heavy (non-hydrogen) atoms. The third-order valence-corrected chi connectivity index (χ3v) is 6.69. The van der Waals surface area contributed by atoms with Gasteiger partial charge < -0.3 is 15.2 Å². The molecule has 0 unspecified atom stereocenters. The standard InChI is InChI=1S/C22H22N2O8S/c1-11(25)22(12(2)26,32-13(3)27)15-10-33-20-17(19(29)24(20)18(15)21(30)31)23-16(28)9-14-7-5-4-6-8-14/h4-8,17,20H,9-10H2,1-3H3,(H,23,28)(H,30,31)/t17-,20-/m1/s1. The maximum absolute atomic E-state index is 12.9. The fourth-order valence-electron chi connectivity index (χ4n) is 3.99. The van der Waals surface area contributed by atoms with Crippen molar-refractivity contribution in [2.45, 2.75) is 44.2 Å². The summed E-state index contributed by atoms with van der Waals surface area (Å²) >= 11 is 1.06. The number of benzene rings is 1. The van der Waals surface area contributed by atoms with Gasteiger partial charge in [-0.3, -0.25) is 28.9 Å². The second-order valence-electron chi connectivity index (χ2n) is 7.64. The molecule has 0 aromatic heterocycles. The topological polar surface area (TPSA) is 147 Å². The number of carbonyl (C=O) groups is 6. The molecule has 2 N–H and O–H groups in total. The van der Waals surface area contributed by atoms with Crippen molar-refractivity contribution in [3.63, 3.8) is 0 Å². The van der Waals surface area contributed by atoms with Gasteiger partial charge in [0, 0.05) is 18.2 Å². The number of ketones is 2. The summed E-state index contributed by atoms with van der Waals surface area (Å²) < 4.78 is 5.10. The molecule has 10 nitrogen and oxygen atoms in total. The highest BCUT2D eigenvalue weighted by Gasteiger charge is 2.59. The van der Waals surface area contributed by atoms with Crippen LogP contribution in [0, 0.1) is 0 Å². The number of Topliss-reactive ketones (excluding diaryl/α,β-unsaturated/α-hetero) is 2. The van der Waals surface area contributed by atoms with Crippen LogP contribution < -0.4 is 5.32 Å². The molecule has 2 amide bonds. The number of esters is 1. The summed E-state index contributed by atoms with van der Waals surface area (Å²) in [5.74, 6) is -5.55. The number of β-lactam (4-membered cyclic amide) rings is 1. The van der Waals surface area contributed by atoms with Gasteiger partial charge in [0.2, 0.25) is 5.91 Å². The molecule has 1 fully saturated rings. The summed E-state index contributed by atoms with van der Waals surface area (Å²) in [7, 11) is 0. The number of hydrogen-bond acceptors (Lipinski definition) is 8. The van der Waals surface area contributed by atoms with Crippen LogP contribution in [0.25, 0.3) is 0 Å². The van der Waals surface area contributed by atoms with Gasteiger partial charge >= 0.3 is 11.9 Å². The van der Waals surface area contributed by atoms with E-state index in [9.17, 15) is 33.9 Å². The van der Waals surface area contributed by atoms with Gasteiger partial charge in [0.25, 0.3) is 11.5 Å². The second kappa shape index (κ2) is 9.18. The van der Waals surface area contributed by atoms with Crippen molar-refractivity contribution in [2.24, 2.45) is 0 Å². The van der Waals surface area contributed by atoms with Gasteiger partial charge in [-0.25, -0.2) is 4.79 Å². The van der Waals surface area contributed by atoms with E-state index < -0.39 is 58.0 Å². The molecule has 0 radical (unpaired) electrons. The van der Waals surface area contributed by atoms with Crippen LogP contribution in [0.2, 0.25) is 0 Å². The Hall–Kier alpha value is -3.47. The van der Waals surface area contributed by atoms with Crippen molar-refractivity contribution < 1.29 is 38.6 Å². The molecule has 1 aromatic carbocycles. The average molecular weight is 474 g/mol. The molecule has 2 heterocycles. The largest absolute Gasteiger partial charge is 0.477 e. The fourth-order valence-corrected chi connectivity index (χ4v) is 5.40. The number of carbonyl (C=O) groups excluding carboxylic acids is 5. The van der Waals surface area contributed by atoms with Crippen molar-refractivity contribution in [3.8, 4) is 0 Å². The zero-order valence-electron chi connectivity index (χ0n) is 18.1. The van der Waals surface area contributed by atoms with Crippen molar-refractivity contribution in [1.82, 2.24) is 10.2 Å². The highest BCUT2D eigenvalue weighted by Crippen LogP contribution is 2.44. The van der Waals surface area contributed by atoms with Crippen molar-refractivity contribution in [3.05, 3.63) is 47.2 Å². The van der Waals surface area contributed by atoms with E-state index in [0.29, 0.717) is 0 Å². The minimum Gasteiger partial charge on any atom is -0.477 e. The lowest BCUT2D eigenvalue weighted by molar-refractivity contribution is -0.167. The number of rotatable bonds is 8. The summed E-state index contributed by atoms with van der Waals surface area (Å²) in [6.07, 6.45) is 0.0408. The van der Waals surface area contributed by atoms with Crippen LogP contribution in [0.3, 0.4) is 0 Å². The maximum atomic E-state index is 12.9. The maximum Gasteiger partial charge on any atom is 0.352 e. The number of thioether (sulfide) groups is 1. The number of carboxylic acids is 1. The molecule has 0 bridgehead atoms. The summed E-state index contributed by atoms with van der Waals surface area (Å²) in [4.78, 5) is 75.0.